The SMILES string of the molecule is C/C=C\C(=C/C)c1ccc(-c2cccc(-c3ccccc3)c2)cc1.CC.CC. The van der Waals surface area contributed by atoms with Crippen LogP contribution in [-0.4, -0.2) is 0 Å². The van der Waals surface area contributed by atoms with Crippen LogP contribution in [0.15, 0.2) is 97.1 Å². The minimum atomic E-state index is 1.24. The topological polar surface area (TPSA) is 0 Å². The number of rotatable bonds is 4. The molecule has 28 heavy (non-hydrogen) atoms. The molecule has 0 nitrogen and oxygen atoms in total. The summed E-state index contributed by atoms with van der Waals surface area (Å²) in [5.74, 6) is 0. The van der Waals surface area contributed by atoms with Gasteiger partial charge in [-0.05, 0) is 53.3 Å². The third-order valence-corrected chi connectivity index (χ3v) is 4.18. The second-order valence-electron chi connectivity index (χ2n) is 5.77. The van der Waals surface area contributed by atoms with Crippen LogP contribution in [0, 0.1) is 0 Å². The zero-order chi connectivity index (χ0) is 20.8. The van der Waals surface area contributed by atoms with E-state index in [1.807, 2.05) is 34.6 Å². The average Bonchev–Trinajstić information content (AvgIpc) is 2.81. The van der Waals surface area contributed by atoms with Crippen LogP contribution in [0.4, 0.5) is 0 Å². The maximum atomic E-state index is 2.26. The lowest BCUT2D eigenvalue weighted by molar-refractivity contribution is 1.50. The van der Waals surface area contributed by atoms with Crippen molar-refractivity contribution in [3.8, 4) is 22.3 Å². The molecule has 3 rings (SSSR count). The van der Waals surface area contributed by atoms with Crippen LogP contribution < -0.4 is 0 Å². The number of allylic oxidation sites excluding steroid dienone is 4. The highest BCUT2D eigenvalue weighted by Gasteiger charge is 2.03. The molecule has 0 heterocycles. The first-order chi connectivity index (χ1) is 13.8. The van der Waals surface area contributed by atoms with E-state index in [0.717, 1.165) is 0 Å². The molecule has 0 saturated heterocycles. The van der Waals surface area contributed by atoms with Crippen LogP contribution in [-0.2, 0) is 0 Å². The zero-order valence-electron chi connectivity index (χ0n) is 18.2. The van der Waals surface area contributed by atoms with E-state index in [1.54, 1.807) is 0 Å². The van der Waals surface area contributed by atoms with E-state index >= 15 is 0 Å². The van der Waals surface area contributed by atoms with E-state index < -0.39 is 0 Å². The summed E-state index contributed by atoms with van der Waals surface area (Å²) in [7, 11) is 0. The molecule has 0 fully saturated rings. The van der Waals surface area contributed by atoms with E-state index in [0.29, 0.717) is 0 Å². The van der Waals surface area contributed by atoms with E-state index in [-0.39, 0.29) is 0 Å². The summed E-state index contributed by atoms with van der Waals surface area (Å²) in [6.45, 7) is 12.1. The van der Waals surface area contributed by atoms with Crippen molar-refractivity contribution in [3.63, 3.8) is 0 Å². The van der Waals surface area contributed by atoms with Crippen molar-refractivity contribution in [2.45, 2.75) is 41.5 Å². The lowest BCUT2D eigenvalue weighted by Crippen LogP contribution is -1.84. The average molecular weight is 371 g/mol. The summed E-state index contributed by atoms with van der Waals surface area (Å²) < 4.78 is 0. The molecule has 146 valence electrons. The summed E-state index contributed by atoms with van der Waals surface area (Å²) in [6.07, 6.45) is 6.36. The summed E-state index contributed by atoms with van der Waals surface area (Å²) in [5.41, 5.74) is 7.49. The summed E-state index contributed by atoms with van der Waals surface area (Å²) in [4.78, 5) is 0. The van der Waals surface area contributed by atoms with E-state index in [4.69, 9.17) is 0 Å². The Morgan fingerprint density at radius 3 is 1.57 bits per heavy atom. The van der Waals surface area contributed by atoms with Gasteiger partial charge < -0.3 is 0 Å². The van der Waals surface area contributed by atoms with E-state index in [2.05, 4.69) is 104 Å². The van der Waals surface area contributed by atoms with Crippen LogP contribution >= 0.6 is 0 Å². The van der Waals surface area contributed by atoms with Crippen LogP contribution in [0.3, 0.4) is 0 Å². The standard InChI is InChI=1S/C24H22.2C2H6/c1-3-9-19(4-2)21-14-16-22(17-15-21)24-13-8-12-23(18-24)20-10-6-5-7-11-20;2*1-2/h3-18H,1-2H3;2*1-2H3/b9-3-,19-4+;;. The fourth-order valence-electron chi connectivity index (χ4n) is 2.90. The van der Waals surface area contributed by atoms with Gasteiger partial charge in [0.15, 0.2) is 0 Å². The second kappa shape index (κ2) is 13.3. The van der Waals surface area contributed by atoms with Crippen molar-refractivity contribution in [2.75, 3.05) is 0 Å². The summed E-state index contributed by atoms with van der Waals surface area (Å²) >= 11 is 0. The number of hydrogen-bond acceptors (Lipinski definition) is 0. The maximum Gasteiger partial charge on any atom is -0.0178 e. The molecule has 0 N–H and O–H groups in total. The molecular weight excluding hydrogens is 336 g/mol. The molecule has 0 radical (unpaired) electrons. The Labute approximate surface area is 172 Å². The number of hydrogen-bond donors (Lipinski definition) is 0. The van der Waals surface area contributed by atoms with Gasteiger partial charge in [-0.25, -0.2) is 0 Å². The van der Waals surface area contributed by atoms with Crippen LogP contribution in [0.25, 0.3) is 27.8 Å². The first kappa shape index (κ1) is 23.2. The second-order valence-corrected chi connectivity index (χ2v) is 5.77. The van der Waals surface area contributed by atoms with Gasteiger partial charge in [0.1, 0.15) is 0 Å². The summed E-state index contributed by atoms with van der Waals surface area (Å²) in [5, 5.41) is 0. The Morgan fingerprint density at radius 2 is 1.07 bits per heavy atom. The molecule has 0 heteroatoms. The van der Waals surface area contributed by atoms with Gasteiger partial charge in [-0.1, -0.05) is 119 Å². The largest absolute Gasteiger partial charge is 0.0871 e. The number of benzene rings is 3. The molecule has 0 saturated carbocycles. The van der Waals surface area contributed by atoms with Crippen molar-refractivity contribution in [1.29, 1.82) is 0 Å². The van der Waals surface area contributed by atoms with Crippen LogP contribution in [0.1, 0.15) is 47.1 Å². The molecule has 0 aliphatic carbocycles. The Balaban J connectivity index is 0.000000921. The van der Waals surface area contributed by atoms with Crippen molar-refractivity contribution in [1.82, 2.24) is 0 Å². The van der Waals surface area contributed by atoms with Crippen LogP contribution in [0.2, 0.25) is 0 Å². The highest BCUT2D eigenvalue weighted by Crippen LogP contribution is 2.27. The first-order valence-electron chi connectivity index (χ1n) is 10.4. The van der Waals surface area contributed by atoms with E-state index in [1.165, 1.54) is 33.4 Å². The van der Waals surface area contributed by atoms with Gasteiger partial charge >= 0.3 is 0 Å². The van der Waals surface area contributed by atoms with Gasteiger partial charge in [0.25, 0.3) is 0 Å². The zero-order valence-corrected chi connectivity index (χ0v) is 18.2. The lowest BCUT2D eigenvalue weighted by Gasteiger charge is -2.08. The Hall–Kier alpha value is -2.86. The van der Waals surface area contributed by atoms with Crippen molar-refractivity contribution in [2.24, 2.45) is 0 Å². The molecule has 0 aromatic heterocycles. The molecule has 0 aliphatic rings. The van der Waals surface area contributed by atoms with Gasteiger partial charge in [0, 0.05) is 0 Å². The third-order valence-electron chi connectivity index (χ3n) is 4.18. The lowest BCUT2D eigenvalue weighted by atomic mass is 9.97. The highest BCUT2D eigenvalue weighted by atomic mass is 14.1. The molecular formula is C28H34. The fraction of sp³-hybridized carbons (Fsp3) is 0.214. The van der Waals surface area contributed by atoms with Gasteiger partial charge in [0.05, 0.1) is 0 Å². The molecule has 0 bridgehead atoms. The molecule has 0 unspecified atom stereocenters. The maximum absolute atomic E-state index is 2.26. The molecule has 0 amide bonds. The molecule has 0 atom stereocenters. The highest BCUT2D eigenvalue weighted by molar-refractivity contribution is 5.77. The Kier molecular flexibility index (Phi) is 11.0. The smallest absolute Gasteiger partial charge is 0.0178 e. The fourth-order valence-corrected chi connectivity index (χ4v) is 2.90. The molecule has 3 aromatic rings. The van der Waals surface area contributed by atoms with Crippen molar-refractivity contribution < 1.29 is 0 Å². The van der Waals surface area contributed by atoms with Gasteiger partial charge in [-0.3, -0.25) is 0 Å². The van der Waals surface area contributed by atoms with Crippen LogP contribution in [0.5, 0.6) is 0 Å². The quantitative estimate of drug-likeness (QED) is 0.402. The Morgan fingerprint density at radius 1 is 0.571 bits per heavy atom. The molecule has 0 aliphatic heterocycles. The minimum absolute atomic E-state index is 1.24. The predicted octanol–water partition coefficient (Wildman–Crippen LogP) is 9.05. The molecule has 0 spiro atoms. The van der Waals surface area contributed by atoms with E-state index in [9.17, 15) is 0 Å². The minimum Gasteiger partial charge on any atom is -0.0871 e. The van der Waals surface area contributed by atoms with Crippen molar-refractivity contribution >= 4 is 5.57 Å². The predicted molar refractivity (Wildman–Crippen MR) is 128 cm³/mol. The normalized spacial score (nSPS) is 10.6. The monoisotopic (exact) mass is 370 g/mol. The first-order valence-corrected chi connectivity index (χ1v) is 10.4. The third kappa shape index (κ3) is 6.39. The van der Waals surface area contributed by atoms with Crippen molar-refractivity contribution in [3.05, 3.63) is 103 Å². The van der Waals surface area contributed by atoms with Gasteiger partial charge in [-0.2, -0.15) is 0 Å². The van der Waals surface area contributed by atoms with Gasteiger partial charge in [0.2, 0.25) is 0 Å². The summed E-state index contributed by atoms with van der Waals surface area (Å²) in [6, 6.07) is 28.0. The Bertz CT molecular complexity index is 850. The van der Waals surface area contributed by atoms with Gasteiger partial charge in [-0.15, -0.1) is 0 Å². The molecule has 3 aromatic carbocycles.